The van der Waals surface area contributed by atoms with E-state index in [1.54, 1.807) is 0 Å². The van der Waals surface area contributed by atoms with Gasteiger partial charge in [0.2, 0.25) is 0 Å². The van der Waals surface area contributed by atoms with E-state index in [2.05, 4.69) is 33.8 Å². The summed E-state index contributed by atoms with van der Waals surface area (Å²) in [6.45, 7) is 9.62. The average Bonchev–Trinajstić information content (AvgIpc) is 1.50. The van der Waals surface area contributed by atoms with Crippen LogP contribution in [0.1, 0.15) is 99.3 Å². The van der Waals surface area contributed by atoms with Crippen LogP contribution in [0, 0.1) is 46.3 Å². The van der Waals surface area contributed by atoms with Crippen molar-refractivity contribution < 1.29 is 148 Å². The summed E-state index contributed by atoms with van der Waals surface area (Å²) in [5, 5.41) is 177. The van der Waals surface area contributed by atoms with Gasteiger partial charge in [0.25, 0.3) is 0 Å². The summed E-state index contributed by atoms with van der Waals surface area (Å²) in [5.74, 6) is 2.27. The van der Waals surface area contributed by atoms with Crippen molar-refractivity contribution >= 4 is 0 Å². The molecule has 8 saturated heterocycles. The van der Waals surface area contributed by atoms with Crippen molar-refractivity contribution in [2.75, 3.05) is 33.0 Å². The molecule has 11 fully saturated rings. The molecule has 5 unspecified atom stereocenters. The lowest BCUT2D eigenvalue weighted by Crippen LogP contribution is -2.69. The molecule has 528 valence electrons. The van der Waals surface area contributed by atoms with Gasteiger partial charge >= 0.3 is 0 Å². The molecule has 0 bridgehead atoms. The minimum Gasteiger partial charge on any atom is -0.394 e. The molecule has 0 aromatic carbocycles. The molecule has 0 aromatic rings. The van der Waals surface area contributed by atoms with Crippen molar-refractivity contribution in [2.24, 2.45) is 46.3 Å². The van der Waals surface area contributed by atoms with E-state index in [0.29, 0.717) is 48.3 Å². The molecule has 0 radical (unpaired) electrons. The highest BCUT2D eigenvalue weighted by atomic mass is 16.8. The number of hydrogen-bond donors (Lipinski definition) is 16. The summed E-state index contributed by atoms with van der Waals surface area (Å²) in [6.07, 6.45) is -41.0. The normalized spacial score (nSPS) is 57.1. The Balaban J connectivity index is 0.717. The smallest absolute Gasteiger partial charge is 0.187 e. The first kappa shape index (κ1) is 70.4. The van der Waals surface area contributed by atoms with Crippen LogP contribution in [0.2, 0.25) is 0 Å². The van der Waals surface area contributed by atoms with Gasteiger partial charge in [0.05, 0.1) is 57.5 Å². The number of aliphatic hydroxyl groups excluding tert-OH is 16. The van der Waals surface area contributed by atoms with Gasteiger partial charge in [-0.1, -0.05) is 39.3 Å². The van der Waals surface area contributed by atoms with Gasteiger partial charge in [-0.3, -0.25) is 0 Å². The molecule has 12 rings (SSSR count). The molecule has 3 saturated carbocycles. The molecule has 4 aliphatic carbocycles. The highest BCUT2D eigenvalue weighted by molar-refractivity contribution is 5.27. The zero-order valence-corrected chi connectivity index (χ0v) is 52.7. The van der Waals surface area contributed by atoms with Crippen molar-refractivity contribution in [2.45, 2.75) is 295 Å². The zero-order chi connectivity index (χ0) is 65.9. The molecule has 30 nitrogen and oxygen atoms in total. The van der Waals surface area contributed by atoms with Gasteiger partial charge in [0.15, 0.2) is 43.5 Å². The Morgan fingerprint density at radius 3 is 1.72 bits per heavy atom. The minimum atomic E-state index is -2.22. The highest BCUT2D eigenvalue weighted by Gasteiger charge is 2.69. The maximum Gasteiger partial charge on any atom is 0.187 e. The van der Waals surface area contributed by atoms with Crippen molar-refractivity contribution in [3.63, 3.8) is 0 Å². The Morgan fingerprint density at radius 1 is 0.478 bits per heavy atom. The number of fused-ring (bicyclic) bond motifs is 7. The quantitative estimate of drug-likeness (QED) is 0.0686. The Labute approximate surface area is 533 Å². The average molecular weight is 1330 g/mol. The minimum absolute atomic E-state index is 0.0866. The van der Waals surface area contributed by atoms with Gasteiger partial charge in [0.1, 0.15) is 128 Å². The number of allylic oxidation sites excluding steroid dienone is 1. The molecule has 0 amide bonds. The molecule has 1 spiro atoms. The fourth-order valence-corrected chi connectivity index (χ4v) is 18.2. The van der Waals surface area contributed by atoms with Crippen LogP contribution in [0.4, 0.5) is 0 Å². The first-order chi connectivity index (χ1) is 43.7. The lowest BCUT2D eigenvalue weighted by molar-refractivity contribution is -0.409. The van der Waals surface area contributed by atoms with Crippen molar-refractivity contribution in [1.29, 1.82) is 0 Å². The summed E-state index contributed by atoms with van der Waals surface area (Å²) in [7, 11) is 0. The summed E-state index contributed by atoms with van der Waals surface area (Å²) in [5.41, 5.74) is 1.34. The predicted molar refractivity (Wildman–Crippen MR) is 305 cm³/mol. The molecule has 8 heterocycles. The van der Waals surface area contributed by atoms with Crippen LogP contribution in [0.3, 0.4) is 0 Å². The molecular weight excluding hydrogens is 1220 g/mol. The van der Waals surface area contributed by atoms with Gasteiger partial charge in [-0.05, 0) is 106 Å². The standard InChI is InChI=1S/C62H100O30/c1-22-9-14-62(80-20-22)23(2)36-32(92-62)16-30-28-8-7-26-15-27(10-12-60(26,5)29(28)11-13-61(30,36)6)83-57-47(77)43(73)50(34(18-64)85-57)88-59-53(41(71)39(69)33(17-63)84-59)91-58-48(78)52(90-54-44(74)38(68)31(66)21-79-54)51(35(19-65)86-58)89-56-46(76)42(72)49(25(4)82-56)87-55-45(75)40(70)37(67)24(3)81-55/h7,22-25,27-59,63-78H,8-21H2,1-6H3/t22-,23+,24+,25+,27+,28?,29?,30?,31+,32?,33-,34-,35-,36?,37+,38-,39-,40-,41+,42+,43-,44+,45-,46-,47-,48-,49+,50+,51-,52-,53-,54-,55+,56+,57-,58-,59+,60+,61+,62-/m1/s1. The van der Waals surface area contributed by atoms with E-state index in [1.807, 2.05) is 0 Å². The second-order valence-electron chi connectivity index (χ2n) is 29.0. The molecule has 16 N–H and O–H groups in total. The Kier molecular flexibility index (Phi) is 21.1. The maximum absolute atomic E-state index is 12.3. The summed E-state index contributed by atoms with van der Waals surface area (Å²) in [6, 6.07) is 0. The summed E-state index contributed by atoms with van der Waals surface area (Å²) < 4.78 is 85.5. The monoisotopic (exact) mass is 1320 g/mol. The van der Waals surface area contributed by atoms with E-state index in [1.165, 1.54) is 19.4 Å². The number of ether oxygens (including phenoxy) is 14. The molecule has 30 heteroatoms. The number of hydrogen-bond acceptors (Lipinski definition) is 30. The zero-order valence-electron chi connectivity index (χ0n) is 52.7. The van der Waals surface area contributed by atoms with Gasteiger partial charge in [0, 0.05) is 12.3 Å². The Morgan fingerprint density at radius 2 is 1.04 bits per heavy atom. The van der Waals surface area contributed by atoms with Crippen LogP contribution < -0.4 is 0 Å². The van der Waals surface area contributed by atoms with E-state index >= 15 is 0 Å². The number of aliphatic hydroxyl groups is 16. The van der Waals surface area contributed by atoms with Gasteiger partial charge < -0.3 is 148 Å². The van der Waals surface area contributed by atoms with E-state index in [4.69, 9.17) is 66.3 Å². The van der Waals surface area contributed by atoms with Crippen LogP contribution >= 0.6 is 0 Å². The predicted octanol–water partition coefficient (Wildman–Crippen LogP) is -4.65. The third-order valence-corrected chi connectivity index (χ3v) is 23.6. The van der Waals surface area contributed by atoms with E-state index in [9.17, 15) is 81.7 Å². The molecule has 40 atom stereocenters. The number of rotatable bonds is 15. The Hall–Kier alpha value is -1.46. The second-order valence-corrected chi connectivity index (χ2v) is 29.0. The molecule has 0 aromatic heterocycles. The van der Waals surface area contributed by atoms with E-state index < -0.39 is 216 Å². The molecular formula is C62H100O30. The van der Waals surface area contributed by atoms with Gasteiger partial charge in [-0.25, -0.2) is 0 Å². The second kappa shape index (κ2) is 27.6. The summed E-state index contributed by atoms with van der Waals surface area (Å²) >= 11 is 0. The van der Waals surface area contributed by atoms with E-state index in [0.717, 1.165) is 51.6 Å². The van der Waals surface area contributed by atoms with Crippen LogP contribution in [0.5, 0.6) is 0 Å². The van der Waals surface area contributed by atoms with Crippen molar-refractivity contribution in [3.8, 4) is 0 Å². The fourth-order valence-electron chi connectivity index (χ4n) is 18.2. The lowest BCUT2D eigenvalue weighted by Gasteiger charge is -2.58. The first-order valence-corrected chi connectivity index (χ1v) is 33.2. The highest BCUT2D eigenvalue weighted by Crippen LogP contribution is 2.71. The van der Waals surface area contributed by atoms with Crippen molar-refractivity contribution in [1.82, 2.24) is 0 Å². The molecule has 8 aliphatic heterocycles. The maximum atomic E-state index is 12.3. The van der Waals surface area contributed by atoms with E-state index in [-0.39, 0.29) is 16.9 Å². The van der Waals surface area contributed by atoms with Gasteiger partial charge in [-0.2, -0.15) is 0 Å². The third kappa shape index (κ3) is 12.4. The Bertz CT molecular complexity index is 2500. The molecule has 12 aliphatic rings. The van der Waals surface area contributed by atoms with Crippen LogP contribution in [0.25, 0.3) is 0 Å². The topological polar surface area (TPSA) is 453 Å². The van der Waals surface area contributed by atoms with Gasteiger partial charge in [-0.15, -0.1) is 0 Å². The first-order valence-electron chi connectivity index (χ1n) is 33.2. The van der Waals surface area contributed by atoms with Crippen LogP contribution in [-0.2, 0) is 66.3 Å². The van der Waals surface area contributed by atoms with Crippen LogP contribution in [0.15, 0.2) is 11.6 Å². The largest absolute Gasteiger partial charge is 0.394 e. The SMILES string of the molecule is C[C@@H]1CC[C@@]2(OC1)OC1CC3C4CC=C5C[C@@H](O[C@@H]6O[C@H](CO)[C@H](O[C@@H]7O[C@H](CO)[C@@H](O)[C@H](O)[C@H]7O[C@H]7O[C@H](CO)[C@@H](O[C@@H]8O[C@@H](C)[C@H](O[C@@H]9O[C@@H](C)[C@H](O)[C@@H](O)[C@H]9O)[C@@H](O)[C@H]8O)[C@H](O[C@H]8OC[C@H](O)[C@@H](O)[C@@H]8O)[C@H]7O)[C@H](O)[C@H]6O)CC[C@]5(C)C4CC[C@]3(C)C1[C@@H]2C. The third-order valence-electron chi connectivity index (χ3n) is 23.6. The summed E-state index contributed by atoms with van der Waals surface area (Å²) in [4.78, 5) is 0. The lowest BCUT2D eigenvalue weighted by atomic mass is 9.47. The van der Waals surface area contributed by atoms with Crippen molar-refractivity contribution in [3.05, 3.63) is 11.6 Å². The fraction of sp³-hybridized carbons (Fsp3) is 0.968. The van der Waals surface area contributed by atoms with Crippen LogP contribution in [-0.4, -0.2) is 311 Å². The molecule has 92 heavy (non-hydrogen) atoms.